The van der Waals surface area contributed by atoms with Gasteiger partial charge in [-0.1, -0.05) is 12.5 Å². The van der Waals surface area contributed by atoms with Gasteiger partial charge in [0.25, 0.3) is 0 Å². The summed E-state index contributed by atoms with van der Waals surface area (Å²) in [6, 6.07) is 9.54. The van der Waals surface area contributed by atoms with Crippen LogP contribution in [0.3, 0.4) is 0 Å². The van der Waals surface area contributed by atoms with E-state index in [1.807, 2.05) is 25.1 Å². The number of guanidine groups is 1. The average molecular weight is 415 g/mol. The second-order valence-electron chi connectivity index (χ2n) is 7.44. The largest absolute Gasteiger partial charge is 0.504 e. The maximum atomic E-state index is 9.89. The Morgan fingerprint density at radius 3 is 2.73 bits per heavy atom. The molecule has 1 aromatic carbocycles. The second-order valence-corrected chi connectivity index (χ2v) is 7.44. The number of nitrogens with zero attached hydrogens (tertiary/aromatic N) is 2. The molecule has 7 nitrogen and oxygen atoms in total. The summed E-state index contributed by atoms with van der Waals surface area (Å²) in [5, 5.41) is 16.7. The third-order valence-electron chi connectivity index (χ3n) is 5.25. The van der Waals surface area contributed by atoms with E-state index >= 15 is 0 Å². The third kappa shape index (κ3) is 6.16. The molecule has 1 aromatic heterocycles. The van der Waals surface area contributed by atoms with Gasteiger partial charge in [-0.15, -0.1) is 0 Å². The molecular weight excluding hydrogens is 380 g/mol. The van der Waals surface area contributed by atoms with Crippen LogP contribution in [0.1, 0.15) is 50.5 Å². The molecule has 0 spiro atoms. The molecule has 1 saturated heterocycles. The molecule has 30 heavy (non-hydrogen) atoms. The normalized spacial score (nSPS) is 16.3. The minimum absolute atomic E-state index is 0.150. The maximum Gasteiger partial charge on any atom is 0.191 e. The molecule has 164 valence electrons. The monoisotopic (exact) mass is 414 g/mol. The number of piperidine rings is 1. The van der Waals surface area contributed by atoms with Gasteiger partial charge >= 0.3 is 0 Å². The van der Waals surface area contributed by atoms with Gasteiger partial charge in [-0.2, -0.15) is 0 Å². The Bertz CT molecular complexity index is 786. The second kappa shape index (κ2) is 11.5. The Labute approximate surface area is 179 Å². The number of phenols is 1. The highest BCUT2D eigenvalue weighted by atomic mass is 16.5. The van der Waals surface area contributed by atoms with Crippen molar-refractivity contribution in [3.63, 3.8) is 0 Å². The summed E-state index contributed by atoms with van der Waals surface area (Å²) in [4.78, 5) is 7.21. The lowest BCUT2D eigenvalue weighted by Crippen LogP contribution is -2.44. The first-order valence-corrected chi connectivity index (χ1v) is 11.0. The first-order valence-electron chi connectivity index (χ1n) is 11.0. The van der Waals surface area contributed by atoms with E-state index in [0.29, 0.717) is 18.9 Å². The van der Waals surface area contributed by atoms with E-state index in [2.05, 4.69) is 28.5 Å². The van der Waals surface area contributed by atoms with E-state index in [4.69, 9.17) is 14.1 Å². The van der Waals surface area contributed by atoms with Crippen molar-refractivity contribution in [2.45, 2.75) is 45.7 Å². The maximum absolute atomic E-state index is 9.89. The molecule has 0 bridgehead atoms. The number of aromatic hydroxyl groups is 1. The zero-order chi connectivity index (χ0) is 21.2. The van der Waals surface area contributed by atoms with Crippen molar-refractivity contribution in [1.82, 2.24) is 15.5 Å². The molecule has 0 amide bonds. The summed E-state index contributed by atoms with van der Waals surface area (Å²) in [6.07, 6.45) is 5.50. The molecule has 7 heteroatoms. The summed E-state index contributed by atoms with van der Waals surface area (Å²) in [7, 11) is 0. The summed E-state index contributed by atoms with van der Waals surface area (Å²) < 4.78 is 11.2. The topological polar surface area (TPSA) is 82.3 Å². The van der Waals surface area contributed by atoms with Gasteiger partial charge in [0.15, 0.2) is 17.5 Å². The molecule has 2 aromatic rings. The highest BCUT2D eigenvalue weighted by Crippen LogP contribution is 2.27. The van der Waals surface area contributed by atoms with Crippen LogP contribution in [0, 0.1) is 0 Å². The van der Waals surface area contributed by atoms with Gasteiger partial charge in [0.2, 0.25) is 0 Å². The van der Waals surface area contributed by atoms with Crippen LogP contribution in [-0.2, 0) is 6.54 Å². The van der Waals surface area contributed by atoms with Crippen LogP contribution in [0.15, 0.2) is 46.0 Å². The van der Waals surface area contributed by atoms with Gasteiger partial charge in [-0.3, -0.25) is 4.90 Å². The minimum atomic E-state index is 0.150. The van der Waals surface area contributed by atoms with Crippen molar-refractivity contribution in [3.8, 4) is 11.5 Å². The van der Waals surface area contributed by atoms with Crippen LogP contribution in [0.2, 0.25) is 0 Å². The third-order valence-corrected chi connectivity index (χ3v) is 5.25. The molecule has 0 saturated carbocycles. The number of likely N-dealkylation sites (tertiary alicyclic amines) is 1. The summed E-state index contributed by atoms with van der Waals surface area (Å²) >= 11 is 0. The molecule has 3 N–H and O–H groups in total. The lowest BCUT2D eigenvalue weighted by molar-refractivity contribution is 0.146. The fourth-order valence-corrected chi connectivity index (χ4v) is 3.75. The Kier molecular flexibility index (Phi) is 8.44. The van der Waals surface area contributed by atoms with Gasteiger partial charge in [0.05, 0.1) is 25.5 Å². The van der Waals surface area contributed by atoms with Gasteiger partial charge in [-0.05, 0) is 69.6 Å². The van der Waals surface area contributed by atoms with Crippen molar-refractivity contribution in [2.75, 3.05) is 32.8 Å². The van der Waals surface area contributed by atoms with E-state index in [-0.39, 0.29) is 11.8 Å². The average Bonchev–Trinajstić information content (AvgIpc) is 3.29. The van der Waals surface area contributed by atoms with E-state index in [0.717, 1.165) is 43.5 Å². The molecule has 1 atom stereocenters. The van der Waals surface area contributed by atoms with Crippen molar-refractivity contribution >= 4 is 5.96 Å². The van der Waals surface area contributed by atoms with Gasteiger partial charge in [0.1, 0.15) is 5.76 Å². The summed E-state index contributed by atoms with van der Waals surface area (Å²) in [5.74, 6) is 2.39. The quantitative estimate of drug-likeness (QED) is 0.429. The molecular formula is C23H34N4O3. The van der Waals surface area contributed by atoms with Crippen molar-refractivity contribution in [2.24, 2.45) is 4.99 Å². The number of furan rings is 1. The van der Waals surface area contributed by atoms with Crippen LogP contribution in [0.4, 0.5) is 0 Å². The molecule has 0 radical (unpaired) electrons. The van der Waals surface area contributed by atoms with Crippen LogP contribution in [0.25, 0.3) is 0 Å². The zero-order valence-electron chi connectivity index (χ0n) is 18.1. The van der Waals surface area contributed by atoms with Gasteiger partial charge in [-0.25, -0.2) is 4.99 Å². The standard InChI is InChI=1S/C23H34N4O3/c1-3-24-23(25-16-18-10-11-20(28)22(15-18)29-4-2)26-17-19(21-9-8-14-30-21)27-12-6-5-7-13-27/h8-11,14-15,19,28H,3-7,12-13,16-17H2,1-2H3,(H2,24,25,26). The van der Waals surface area contributed by atoms with Crippen LogP contribution < -0.4 is 15.4 Å². The first-order chi connectivity index (χ1) is 14.7. The highest BCUT2D eigenvalue weighted by Gasteiger charge is 2.24. The summed E-state index contributed by atoms with van der Waals surface area (Å²) in [6.45, 7) is 8.64. The van der Waals surface area contributed by atoms with Crippen LogP contribution in [0.5, 0.6) is 11.5 Å². The number of rotatable bonds is 9. The molecule has 1 aliphatic heterocycles. The number of nitrogens with one attached hydrogen (secondary N) is 2. The predicted molar refractivity (Wildman–Crippen MR) is 119 cm³/mol. The highest BCUT2D eigenvalue weighted by molar-refractivity contribution is 5.79. The van der Waals surface area contributed by atoms with Gasteiger partial charge in [0, 0.05) is 13.1 Å². The number of hydrogen-bond donors (Lipinski definition) is 3. The van der Waals surface area contributed by atoms with Crippen LogP contribution >= 0.6 is 0 Å². The van der Waals surface area contributed by atoms with Crippen molar-refractivity contribution in [1.29, 1.82) is 0 Å². The van der Waals surface area contributed by atoms with E-state index < -0.39 is 0 Å². The molecule has 1 unspecified atom stereocenters. The number of hydrogen-bond acceptors (Lipinski definition) is 5. The van der Waals surface area contributed by atoms with E-state index in [1.165, 1.54) is 19.3 Å². The Morgan fingerprint density at radius 2 is 2.03 bits per heavy atom. The minimum Gasteiger partial charge on any atom is -0.504 e. The first kappa shape index (κ1) is 22.0. The number of benzene rings is 1. The Hall–Kier alpha value is -2.67. The number of ether oxygens (including phenoxy) is 1. The van der Waals surface area contributed by atoms with E-state index in [1.54, 1.807) is 12.3 Å². The fraction of sp³-hybridized carbons (Fsp3) is 0.522. The van der Waals surface area contributed by atoms with Crippen LogP contribution in [-0.4, -0.2) is 48.8 Å². The Balaban J connectivity index is 1.67. The zero-order valence-corrected chi connectivity index (χ0v) is 18.1. The molecule has 3 rings (SSSR count). The number of aliphatic imine (C=N–C) groups is 1. The lowest BCUT2D eigenvalue weighted by Gasteiger charge is -2.33. The molecule has 1 fully saturated rings. The summed E-state index contributed by atoms with van der Waals surface area (Å²) in [5.41, 5.74) is 0.979. The predicted octanol–water partition coefficient (Wildman–Crippen LogP) is 3.67. The molecule has 2 heterocycles. The van der Waals surface area contributed by atoms with Crippen molar-refractivity contribution in [3.05, 3.63) is 47.9 Å². The SMILES string of the molecule is CCNC(=NCc1ccc(O)c(OCC)c1)NCC(c1ccco1)N1CCCCC1. The number of phenolic OH excluding ortho intramolecular Hbond substituents is 1. The fourth-order valence-electron chi connectivity index (χ4n) is 3.75. The molecule has 1 aliphatic rings. The van der Waals surface area contributed by atoms with Gasteiger partial charge < -0.3 is 24.9 Å². The van der Waals surface area contributed by atoms with Crippen molar-refractivity contribution < 1.29 is 14.3 Å². The lowest BCUT2D eigenvalue weighted by atomic mass is 10.1. The smallest absolute Gasteiger partial charge is 0.191 e. The van der Waals surface area contributed by atoms with E-state index in [9.17, 15) is 5.11 Å². The Morgan fingerprint density at radius 1 is 1.20 bits per heavy atom. The molecule has 0 aliphatic carbocycles.